The summed E-state index contributed by atoms with van der Waals surface area (Å²) in [7, 11) is 0. The number of aliphatic imine (C=N–C) groups is 1. The highest BCUT2D eigenvalue weighted by atomic mass is 32.2. The van der Waals surface area contributed by atoms with Crippen molar-refractivity contribution in [3.63, 3.8) is 0 Å². The molecule has 6 heteroatoms. The maximum absolute atomic E-state index is 5.29. The van der Waals surface area contributed by atoms with Gasteiger partial charge in [0, 0.05) is 31.6 Å². The highest BCUT2D eigenvalue weighted by Crippen LogP contribution is 2.05. The van der Waals surface area contributed by atoms with E-state index < -0.39 is 0 Å². The molecule has 2 heterocycles. The van der Waals surface area contributed by atoms with Gasteiger partial charge in [-0.15, -0.1) is 0 Å². The van der Waals surface area contributed by atoms with Gasteiger partial charge in [0.2, 0.25) is 0 Å². The van der Waals surface area contributed by atoms with E-state index in [0.29, 0.717) is 6.54 Å². The van der Waals surface area contributed by atoms with E-state index in [2.05, 4.69) is 20.4 Å². The molecule has 84 valence electrons. The van der Waals surface area contributed by atoms with Crippen molar-refractivity contribution in [3.05, 3.63) is 0 Å². The molecule has 15 heavy (non-hydrogen) atoms. The smallest absolute Gasteiger partial charge is 0.177 e. The average Bonchev–Trinajstić information content (AvgIpc) is 2.32. The Morgan fingerprint density at radius 3 is 3.07 bits per heavy atom. The van der Waals surface area contributed by atoms with E-state index in [4.69, 9.17) is 4.74 Å². The van der Waals surface area contributed by atoms with Gasteiger partial charge in [0.05, 0.1) is 19.8 Å². The molecular formula is C9H16N4OS. The highest BCUT2D eigenvalue weighted by Gasteiger charge is 2.10. The Hall–Kier alpha value is -0.590. The van der Waals surface area contributed by atoms with Gasteiger partial charge < -0.3 is 4.74 Å². The molecule has 0 aliphatic carbocycles. The predicted molar refractivity (Wildman–Crippen MR) is 63.6 cm³/mol. The van der Waals surface area contributed by atoms with Crippen LogP contribution in [-0.2, 0) is 4.74 Å². The van der Waals surface area contributed by atoms with Crippen LogP contribution in [0.3, 0.4) is 0 Å². The lowest BCUT2D eigenvalue weighted by Gasteiger charge is -2.26. The molecule has 0 atom stereocenters. The molecule has 0 aromatic rings. The van der Waals surface area contributed by atoms with Crippen LogP contribution in [0.2, 0.25) is 0 Å². The fourth-order valence-electron chi connectivity index (χ4n) is 1.47. The summed E-state index contributed by atoms with van der Waals surface area (Å²) in [6.45, 7) is 5.64. The Morgan fingerprint density at radius 1 is 1.47 bits per heavy atom. The Bertz CT molecular complexity index is 250. The summed E-state index contributed by atoms with van der Waals surface area (Å²) < 4.78 is 5.29. The molecule has 1 fully saturated rings. The lowest BCUT2D eigenvalue weighted by atomic mass is 10.4. The maximum Gasteiger partial charge on any atom is 0.177 e. The molecule has 5 nitrogen and oxygen atoms in total. The largest absolute Gasteiger partial charge is 0.379 e. The van der Waals surface area contributed by atoms with Crippen LogP contribution in [0.15, 0.2) is 10.1 Å². The van der Waals surface area contributed by atoms with Crippen molar-refractivity contribution in [1.29, 1.82) is 0 Å². The van der Waals surface area contributed by atoms with Crippen LogP contribution in [0.25, 0.3) is 0 Å². The number of hydrogen-bond donors (Lipinski definition) is 1. The Balaban J connectivity index is 1.59. The van der Waals surface area contributed by atoms with Crippen LogP contribution >= 0.6 is 11.8 Å². The van der Waals surface area contributed by atoms with E-state index in [9.17, 15) is 0 Å². The summed E-state index contributed by atoms with van der Waals surface area (Å²) in [5.74, 6) is 1.06. The van der Waals surface area contributed by atoms with Crippen molar-refractivity contribution in [1.82, 2.24) is 10.3 Å². The minimum atomic E-state index is 0.701. The van der Waals surface area contributed by atoms with Gasteiger partial charge in [-0.25, -0.2) is 0 Å². The molecule has 2 rings (SSSR count). The van der Waals surface area contributed by atoms with E-state index in [0.717, 1.165) is 43.8 Å². The molecule has 0 bridgehead atoms. The Morgan fingerprint density at radius 2 is 2.33 bits per heavy atom. The van der Waals surface area contributed by atoms with Crippen LogP contribution in [0.1, 0.15) is 0 Å². The summed E-state index contributed by atoms with van der Waals surface area (Å²) in [5, 5.41) is 4.90. The number of amidine groups is 1. The van der Waals surface area contributed by atoms with Gasteiger partial charge in [-0.1, -0.05) is 11.8 Å². The van der Waals surface area contributed by atoms with Gasteiger partial charge in [0.1, 0.15) is 0 Å². The van der Waals surface area contributed by atoms with Gasteiger partial charge >= 0.3 is 0 Å². The Kier molecular flexibility index (Phi) is 4.43. The quantitative estimate of drug-likeness (QED) is 0.738. The zero-order chi connectivity index (χ0) is 10.3. The van der Waals surface area contributed by atoms with Gasteiger partial charge in [0.25, 0.3) is 0 Å². The monoisotopic (exact) mass is 228 g/mol. The van der Waals surface area contributed by atoms with Crippen molar-refractivity contribution < 1.29 is 4.74 Å². The number of ether oxygens (including phenoxy) is 1. The summed E-state index contributed by atoms with van der Waals surface area (Å²) in [6, 6.07) is 0. The van der Waals surface area contributed by atoms with E-state index in [1.165, 1.54) is 0 Å². The number of nitrogens with one attached hydrogen (secondary N) is 1. The first-order chi connectivity index (χ1) is 7.45. The third kappa shape index (κ3) is 3.81. The first-order valence-electron chi connectivity index (χ1n) is 5.20. The van der Waals surface area contributed by atoms with Crippen molar-refractivity contribution >= 4 is 23.1 Å². The third-order valence-electron chi connectivity index (χ3n) is 2.32. The van der Waals surface area contributed by atoms with Crippen LogP contribution < -0.4 is 5.43 Å². The van der Waals surface area contributed by atoms with Crippen LogP contribution in [-0.4, -0.2) is 61.4 Å². The molecule has 2 aliphatic rings. The zero-order valence-electron chi connectivity index (χ0n) is 8.69. The molecule has 1 N–H and O–H groups in total. The summed E-state index contributed by atoms with van der Waals surface area (Å²) in [5.41, 5.74) is 2.90. The lowest BCUT2D eigenvalue weighted by molar-refractivity contribution is 0.0410. The molecule has 0 aromatic carbocycles. The van der Waals surface area contributed by atoms with E-state index >= 15 is 0 Å². The second-order valence-electron chi connectivity index (χ2n) is 3.37. The molecule has 0 amide bonds. The number of rotatable bonds is 3. The summed E-state index contributed by atoms with van der Waals surface area (Å²) in [6.07, 6.45) is 1.77. The minimum absolute atomic E-state index is 0.701. The number of nitrogens with zero attached hydrogens (tertiary/aromatic N) is 3. The molecule has 0 radical (unpaired) electrons. The van der Waals surface area contributed by atoms with Crippen molar-refractivity contribution in [2.75, 3.05) is 45.1 Å². The number of hydrogen-bond acceptors (Lipinski definition) is 6. The summed E-state index contributed by atoms with van der Waals surface area (Å²) in [4.78, 5) is 6.71. The maximum atomic E-state index is 5.29. The molecule has 2 aliphatic heterocycles. The van der Waals surface area contributed by atoms with Gasteiger partial charge in [-0.3, -0.25) is 15.3 Å². The van der Waals surface area contributed by atoms with E-state index in [1.807, 2.05) is 0 Å². The predicted octanol–water partition coefficient (Wildman–Crippen LogP) is -0.00320. The number of hydrazone groups is 1. The molecule has 0 aromatic heterocycles. The molecule has 0 spiro atoms. The van der Waals surface area contributed by atoms with Gasteiger partial charge in [-0.05, 0) is 0 Å². The molecule has 0 saturated carbocycles. The molecule has 1 saturated heterocycles. The summed E-state index contributed by atoms with van der Waals surface area (Å²) >= 11 is 1.73. The van der Waals surface area contributed by atoms with Crippen molar-refractivity contribution in [3.8, 4) is 0 Å². The number of morpholine rings is 1. The van der Waals surface area contributed by atoms with E-state index in [1.54, 1.807) is 18.0 Å². The van der Waals surface area contributed by atoms with Crippen LogP contribution in [0.5, 0.6) is 0 Å². The molecule has 0 unspecified atom stereocenters. The minimum Gasteiger partial charge on any atom is -0.379 e. The van der Waals surface area contributed by atoms with Crippen molar-refractivity contribution in [2.45, 2.75) is 0 Å². The van der Waals surface area contributed by atoms with Crippen molar-refractivity contribution in [2.24, 2.45) is 10.1 Å². The number of thioether (sulfide) groups is 1. The highest BCUT2D eigenvalue weighted by molar-refractivity contribution is 8.13. The standard InChI is InChI=1S/C9H16N4OS/c1-2-11-12-9(10-1)15-8-5-13-3-6-14-7-4-13/h2H,1,3-8H2,(H,10,12). The SMILES string of the molecule is C1=NNC(SCCN2CCOCC2)=NC1. The first-order valence-corrected chi connectivity index (χ1v) is 6.18. The normalized spacial score (nSPS) is 22.3. The molecular weight excluding hydrogens is 212 g/mol. The van der Waals surface area contributed by atoms with Gasteiger partial charge in [0.15, 0.2) is 5.17 Å². The van der Waals surface area contributed by atoms with Crippen LogP contribution in [0, 0.1) is 0 Å². The topological polar surface area (TPSA) is 49.2 Å². The fraction of sp³-hybridized carbons (Fsp3) is 0.778. The third-order valence-corrected chi connectivity index (χ3v) is 3.20. The van der Waals surface area contributed by atoms with Crippen LogP contribution in [0.4, 0.5) is 0 Å². The lowest BCUT2D eigenvalue weighted by Crippen LogP contribution is -2.37. The second-order valence-corrected chi connectivity index (χ2v) is 4.46. The first kappa shape index (κ1) is 10.9. The van der Waals surface area contributed by atoms with E-state index in [-0.39, 0.29) is 0 Å². The fourth-order valence-corrected chi connectivity index (χ4v) is 2.30. The average molecular weight is 228 g/mol. The zero-order valence-corrected chi connectivity index (χ0v) is 9.50. The second kappa shape index (κ2) is 6.09. The van der Waals surface area contributed by atoms with Gasteiger partial charge in [-0.2, -0.15) is 5.10 Å². The Labute approximate surface area is 94.0 Å².